The van der Waals surface area contributed by atoms with E-state index < -0.39 is 0 Å². The largest absolute Gasteiger partial charge is 0.313 e. The van der Waals surface area contributed by atoms with Gasteiger partial charge in [0.2, 0.25) is 0 Å². The van der Waals surface area contributed by atoms with Gasteiger partial charge in [-0.1, -0.05) is 38.5 Å². The highest BCUT2D eigenvalue weighted by molar-refractivity contribution is 8.01. The van der Waals surface area contributed by atoms with Crippen LogP contribution < -0.4 is 5.32 Å². The zero-order valence-corrected chi connectivity index (χ0v) is 13.7. The SMILES string of the molecule is CCCNC1CCC(CCC)CC1Sc1nccs1. The highest BCUT2D eigenvalue weighted by Gasteiger charge is 2.30. The minimum Gasteiger partial charge on any atom is -0.313 e. The lowest BCUT2D eigenvalue weighted by molar-refractivity contribution is 0.287. The van der Waals surface area contributed by atoms with Crippen LogP contribution in [0.5, 0.6) is 0 Å². The molecule has 108 valence electrons. The van der Waals surface area contributed by atoms with Crippen LogP contribution >= 0.6 is 23.1 Å². The van der Waals surface area contributed by atoms with Crippen molar-refractivity contribution >= 4 is 23.1 Å². The number of thiazole rings is 1. The Kier molecular flexibility index (Phi) is 6.68. The molecule has 1 aromatic heterocycles. The Morgan fingerprint density at radius 2 is 2.26 bits per heavy atom. The predicted octanol–water partition coefficient (Wildman–Crippen LogP) is 4.57. The maximum atomic E-state index is 4.45. The smallest absolute Gasteiger partial charge is 0.150 e. The van der Waals surface area contributed by atoms with Crippen molar-refractivity contribution in [3.05, 3.63) is 11.6 Å². The molecule has 1 N–H and O–H groups in total. The molecule has 0 aliphatic heterocycles. The minimum atomic E-state index is 0.682. The van der Waals surface area contributed by atoms with Crippen molar-refractivity contribution in [3.8, 4) is 0 Å². The molecule has 1 aromatic rings. The van der Waals surface area contributed by atoms with Crippen molar-refractivity contribution in [2.24, 2.45) is 5.92 Å². The van der Waals surface area contributed by atoms with Gasteiger partial charge in [0.15, 0.2) is 0 Å². The molecule has 0 amide bonds. The zero-order valence-electron chi connectivity index (χ0n) is 12.1. The molecule has 1 fully saturated rings. The molecular weight excluding hydrogens is 272 g/mol. The average molecular weight is 299 g/mol. The van der Waals surface area contributed by atoms with E-state index >= 15 is 0 Å². The van der Waals surface area contributed by atoms with Crippen molar-refractivity contribution in [2.45, 2.75) is 68.0 Å². The first-order valence-corrected chi connectivity index (χ1v) is 9.39. The fourth-order valence-electron chi connectivity index (χ4n) is 2.97. The third-order valence-electron chi connectivity index (χ3n) is 3.92. The number of hydrogen-bond acceptors (Lipinski definition) is 4. The van der Waals surface area contributed by atoms with E-state index in [-0.39, 0.29) is 0 Å². The van der Waals surface area contributed by atoms with Crippen LogP contribution in [0.3, 0.4) is 0 Å². The molecule has 1 saturated carbocycles. The molecule has 1 aliphatic carbocycles. The summed E-state index contributed by atoms with van der Waals surface area (Å²) >= 11 is 3.79. The van der Waals surface area contributed by atoms with Gasteiger partial charge in [-0.15, -0.1) is 11.3 Å². The van der Waals surface area contributed by atoms with Crippen LogP contribution in [0.25, 0.3) is 0 Å². The van der Waals surface area contributed by atoms with Gasteiger partial charge < -0.3 is 5.32 Å². The summed E-state index contributed by atoms with van der Waals surface area (Å²) in [5.74, 6) is 0.933. The van der Waals surface area contributed by atoms with E-state index in [2.05, 4.69) is 29.5 Å². The summed E-state index contributed by atoms with van der Waals surface area (Å²) in [4.78, 5) is 4.45. The maximum Gasteiger partial charge on any atom is 0.150 e. The summed E-state index contributed by atoms with van der Waals surface area (Å²) in [7, 11) is 0. The van der Waals surface area contributed by atoms with Crippen LogP contribution in [0, 0.1) is 5.92 Å². The molecule has 3 unspecified atom stereocenters. The Morgan fingerprint density at radius 3 is 2.95 bits per heavy atom. The second kappa shape index (κ2) is 8.28. The molecule has 1 aliphatic rings. The fraction of sp³-hybridized carbons (Fsp3) is 0.800. The van der Waals surface area contributed by atoms with Crippen molar-refractivity contribution in [1.29, 1.82) is 0 Å². The Bertz CT molecular complexity index is 340. The number of thioether (sulfide) groups is 1. The van der Waals surface area contributed by atoms with Gasteiger partial charge in [0.25, 0.3) is 0 Å². The monoisotopic (exact) mass is 298 g/mol. The van der Waals surface area contributed by atoms with Gasteiger partial charge in [0, 0.05) is 22.9 Å². The van der Waals surface area contributed by atoms with E-state index in [1.54, 1.807) is 11.3 Å². The number of nitrogens with zero attached hydrogens (tertiary/aromatic N) is 1. The molecule has 4 heteroatoms. The summed E-state index contributed by atoms with van der Waals surface area (Å²) in [6.07, 6.45) is 9.98. The van der Waals surface area contributed by atoms with Gasteiger partial charge in [-0.25, -0.2) is 4.98 Å². The first-order valence-electron chi connectivity index (χ1n) is 7.63. The molecule has 2 rings (SSSR count). The van der Waals surface area contributed by atoms with Gasteiger partial charge >= 0.3 is 0 Å². The highest BCUT2D eigenvalue weighted by atomic mass is 32.2. The summed E-state index contributed by atoms with van der Waals surface area (Å²) in [6.45, 7) is 5.71. The highest BCUT2D eigenvalue weighted by Crippen LogP contribution is 2.38. The van der Waals surface area contributed by atoms with E-state index in [9.17, 15) is 0 Å². The lowest BCUT2D eigenvalue weighted by Gasteiger charge is -2.36. The van der Waals surface area contributed by atoms with Crippen LogP contribution in [0.1, 0.15) is 52.4 Å². The van der Waals surface area contributed by atoms with Crippen molar-refractivity contribution in [1.82, 2.24) is 10.3 Å². The zero-order chi connectivity index (χ0) is 13.5. The maximum absolute atomic E-state index is 4.45. The quantitative estimate of drug-likeness (QED) is 0.798. The van der Waals surface area contributed by atoms with Crippen LogP contribution in [0.15, 0.2) is 15.9 Å². The Labute approximate surface area is 125 Å². The summed E-state index contributed by atoms with van der Waals surface area (Å²) in [5.41, 5.74) is 0. The number of rotatable bonds is 7. The van der Waals surface area contributed by atoms with Gasteiger partial charge in [-0.3, -0.25) is 0 Å². The second-order valence-corrected chi connectivity index (χ2v) is 7.86. The van der Waals surface area contributed by atoms with E-state index in [0.717, 1.165) is 12.5 Å². The first-order chi connectivity index (χ1) is 9.33. The topological polar surface area (TPSA) is 24.9 Å². The molecule has 19 heavy (non-hydrogen) atoms. The fourth-order valence-corrected chi connectivity index (χ4v) is 5.24. The summed E-state index contributed by atoms with van der Waals surface area (Å²) < 4.78 is 1.24. The Morgan fingerprint density at radius 1 is 1.37 bits per heavy atom. The molecular formula is C15H26N2S2. The normalized spacial score (nSPS) is 27.6. The van der Waals surface area contributed by atoms with Gasteiger partial charge in [0.1, 0.15) is 4.34 Å². The molecule has 0 aromatic carbocycles. The van der Waals surface area contributed by atoms with Crippen molar-refractivity contribution < 1.29 is 0 Å². The van der Waals surface area contributed by atoms with Crippen LogP contribution in [0.2, 0.25) is 0 Å². The van der Waals surface area contributed by atoms with E-state index in [0.29, 0.717) is 11.3 Å². The van der Waals surface area contributed by atoms with Crippen LogP contribution in [-0.4, -0.2) is 22.8 Å². The summed E-state index contributed by atoms with van der Waals surface area (Å²) in [6, 6.07) is 0.682. The predicted molar refractivity (Wildman–Crippen MR) is 86.1 cm³/mol. The lowest BCUT2D eigenvalue weighted by atomic mass is 9.83. The van der Waals surface area contributed by atoms with Crippen LogP contribution in [-0.2, 0) is 0 Å². The molecule has 0 spiro atoms. The van der Waals surface area contributed by atoms with Crippen molar-refractivity contribution in [3.63, 3.8) is 0 Å². The van der Waals surface area contributed by atoms with Gasteiger partial charge in [-0.05, 0) is 38.1 Å². The van der Waals surface area contributed by atoms with E-state index in [4.69, 9.17) is 0 Å². The van der Waals surface area contributed by atoms with Crippen molar-refractivity contribution in [2.75, 3.05) is 6.54 Å². The van der Waals surface area contributed by atoms with Crippen LogP contribution in [0.4, 0.5) is 0 Å². The Balaban J connectivity index is 1.93. The number of hydrogen-bond donors (Lipinski definition) is 1. The molecule has 2 nitrogen and oxygen atoms in total. The van der Waals surface area contributed by atoms with Gasteiger partial charge in [0.05, 0.1) is 0 Å². The number of nitrogens with one attached hydrogen (secondary N) is 1. The van der Waals surface area contributed by atoms with E-state index in [1.807, 2.05) is 18.0 Å². The van der Waals surface area contributed by atoms with E-state index in [1.165, 1.54) is 42.9 Å². The third-order valence-corrected chi connectivity index (χ3v) is 6.19. The second-order valence-electron chi connectivity index (χ2n) is 5.48. The Hall–Kier alpha value is -0.0600. The molecule has 0 bridgehead atoms. The first kappa shape index (κ1) is 15.3. The third kappa shape index (κ3) is 4.76. The molecule has 3 atom stereocenters. The lowest BCUT2D eigenvalue weighted by Crippen LogP contribution is -2.42. The molecule has 0 radical (unpaired) electrons. The summed E-state index contributed by atoms with van der Waals surface area (Å²) in [5, 5.41) is 6.55. The molecule has 1 heterocycles. The standard InChI is InChI=1S/C15H26N2S2/c1-3-5-12-6-7-13(16-8-4-2)14(11-12)19-15-17-9-10-18-15/h9-10,12-14,16H,3-8,11H2,1-2H3. The number of aromatic nitrogens is 1. The van der Waals surface area contributed by atoms with Gasteiger partial charge in [-0.2, -0.15) is 0 Å². The molecule has 0 saturated heterocycles. The average Bonchev–Trinajstić information content (AvgIpc) is 2.91. The minimum absolute atomic E-state index is 0.682.